The Morgan fingerprint density at radius 1 is 1.11 bits per heavy atom. The highest BCUT2D eigenvalue weighted by Crippen LogP contribution is 2.33. The first-order valence-electron chi connectivity index (χ1n) is 13.1. The van der Waals surface area contributed by atoms with E-state index in [1.54, 1.807) is 24.1 Å². The van der Waals surface area contributed by atoms with Crippen LogP contribution >= 0.6 is 11.3 Å². The summed E-state index contributed by atoms with van der Waals surface area (Å²) >= 11 is 1.42. The minimum absolute atomic E-state index is 0.0687. The summed E-state index contributed by atoms with van der Waals surface area (Å²) < 4.78 is 40.5. The van der Waals surface area contributed by atoms with Crippen LogP contribution in [0.3, 0.4) is 0 Å². The van der Waals surface area contributed by atoms with Crippen LogP contribution in [0.4, 0.5) is 5.13 Å². The van der Waals surface area contributed by atoms with Crippen LogP contribution < -0.4 is 9.64 Å². The molecule has 1 unspecified atom stereocenters. The molecule has 10 heteroatoms. The molecule has 8 nitrogen and oxygen atoms in total. The van der Waals surface area contributed by atoms with Crippen LogP contribution in [0.1, 0.15) is 50.9 Å². The highest BCUT2D eigenvalue weighted by molar-refractivity contribution is 7.89. The molecule has 0 saturated carbocycles. The SMILES string of the molecule is COc1ccc2nc(N(CC3CCCO3)C(=O)c3ccc(S(=O)(=O)N(CC(C)C)CC(C)C)cc3)sc2c1. The summed E-state index contributed by atoms with van der Waals surface area (Å²) in [5.41, 5.74) is 1.19. The monoisotopic (exact) mass is 559 g/mol. The minimum Gasteiger partial charge on any atom is -0.497 e. The van der Waals surface area contributed by atoms with Crippen molar-refractivity contribution in [2.24, 2.45) is 11.8 Å². The molecule has 2 aromatic carbocycles. The Morgan fingerprint density at radius 3 is 2.37 bits per heavy atom. The van der Waals surface area contributed by atoms with E-state index in [9.17, 15) is 13.2 Å². The highest BCUT2D eigenvalue weighted by atomic mass is 32.2. The predicted octanol–water partition coefficient (Wildman–Crippen LogP) is 5.43. The van der Waals surface area contributed by atoms with E-state index in [0.29, 0.717) is 36.9 Å². The number of hydrogen-bond donors (Lipinski definition) is 0. The molecule has 1 saturated heterocycles. The fourth-order valence-corrected chi connectivity index (χ4v) is 7.30. The van der Waals surface area contributed by atoms with Gasteiger partial charge in [0.15, 0.2) is 5.13 Å². The van der Waals surface area contributed by atoms with E-state index >= 15 is 0 Å². The standard InChI is InChI=1S/C28H37N3O5S2/c1-19(2)16-30(17-20(3)4)38(33,34)24-11-8-21(9-12-24)27(32)31(18-23-7-6-14-36-23)28-29-25-13-10-22(35-5)15-26(25)37-28/h8-13,15,19-20,23H,6-7,14,16-18H2,1-5H3. The van der Waals surface area contributed by atoms with Crippen LogP contribution in [0.5, 0.6) is 5.75 Å². The number of thiazole rings is 1. The van der Waals surface area contributed by atoms with Crippen molar-refractivity contribution in [3.63, 3.8) is 0 Å². The number of benzene rings is 2. The largest absolute Gasteiger partial charge is 0.497 e. The normalized spacial score (nSPS) is 16.2. The van der Waals surface area contributed by atoms with Crippen molar-refractivity contribution in [2.45, 2.75) is 51.5 Å². The van der Waals surface area contributed by atoms with E-state index < -0.39 is 10.0 Å². The predicted molar refractivity (Wildman–Crippen MR) is 152 cm³/mol. The third kappa shape index (κ3) is 6.54. The Hall–Kier alpha value is -2.53. The molecule has 2 heterocycles. The molecule has 1 aliphatic heterocycles. The zero-order valence-corrected chi connectivity index (χ0v) is 24.3. The molecule has 0 bridgehead atoms. The quantitative estimate of drug-likeness (QED) is 0.311. The van der Waals surface area contributed by atoms with Crippen molar-refractivity contribution in [2.75, 3.05) is 38.3 Å². The lowest BCUT2D eigenvalue weighted by molar-refractivity contribution is 0.0917. The van der Waals surface area contributed by atoms with Crippen LogP contribution in [-0.4, -0.2) is 63.1 Å². The summed E-state index contributed by atoms with van der Waals surface area (Å²) in [5, 5.41) is 0.575. The summed E-state index contributed by atoms with van der Waals surface area (Å²) in [6, 6.07) is 11.9. The maximum absolute atomic E-state index is 13.8. The number of amides is 1. The second kappa shape index (κ2) is 12.1. The second-order valence-electron chi connectivity index (χ2n) is 10.5. The third-order valence-corrected chi connectivity index (χ3v) is 9.23. The van der Waals surface area contributed by atoms with Crippen molar-refractivity contribution in [1.82, 2.24) is 9.29 Å². The molecule has 1 fully saturated rings. The average molecular weight is 560 g/mol. The van der Waals surface area contributed by atoms with Gasteiger partial charge in [-0.1, -0.05) is 39.0 Å². The molecule has 1 atom stereocenters. The van der Waals surface area contributed by atoms with Gasteiger partial charge in [-0.05, 0) is 67.1 Å². The molecular weight excluding hydrogens is 522 g/mol. The number of nitrogens with zero attached hydrogens (tertiary/aromatic N) is 3. The lowest BCUT2D eigenvalue weighted by Gasteiger charge is -2.26. The number of ether oxygens (including phenoxy) is 2. The molecule has 206 valence electrons. The van der Waals surface area contributed by atoms with Crippen LogP contribution in [0.2, 0.25) is 0 Å². The Morgan fingerprint density at radius 2 is 1.79 bits per heavy atom. The van der Waals surface area contributed by atoms with Crippen LogP contribution in [0.15, 0.2) is 47.4 Å². The maximum Gasteiger partial charge on any atom is 0.260 e. The smallest absolute Gasteiger partial charge is 0.260 e. The van der Waals surface area contributed by atoms with Gasteiger partial charge in [-0.25, -0.2) is 13.4 Å². The van der Waals surface area contributed by atoms with Gasteiger partial charge in [0.2, 0.25) is 10.0 Å². The Kier molecular flexibility index (Phi) is 9.07. The Bertz CT molecular complexity index is 1340. The zero-order valence-electron chi connectivity index (χ0n) is 22.7. The summed E-state index contributed by atoms with van der Waals surface area (Å²) in [4.78, 5) is 20.3. The first-order chi connectivity index (χ1) is 18.1. The summed E-state index contributed by atoms with van der Waals surface area (Å²) in [6.07, 6.45) is 1.77. The van der Waals surface area contributed by atoms with E-state index in [2.05, 4.69) is 0 Å². The molecule has 0 spiro atoms. The van der Waals surface area contributed by atoms with Gasteiger partial charge < -0.3 is 9.47 Å². The van der Waals surface area contributed by atoms with Gasteiger partial charge >= 0.3 is 0 Å². The third-order valence-electron chi connectivity index (χ3n) is 6.35. The molecule has 1 amide bonds. The summed E-state index contributed by atoms with van der Waals surface area (Å²) in [7, 11) is -2.07. The molecule has 1 aromatic heterocycles. The van der Waals surface area contributed by atoms with Crippen LogP contribution in [-0.2, 0) is 14.8 Å². The fraction of sp³-hybridized carbons (Fsp3) is 0.500. The molecule has 0 radical (unpaired) electrons. The second-order valence-corrected chi connectivity index (χ2v) is 13.5. The van der Waals surface area contributed by atoms with Crippen LogP contribution in [0.25, 0.3) is 10.2 Å². The number of rotatable bonds is 11. The number of fused-ring (bicyclic) bond motifs is 1. The number of sulfonamides is 1. The first kappa shape index (κ1) is 28.5. The number of hydrogen-bond acceptors (Lipinski definition) is 7. The molecule has 0 N–H and O–H groups in total. The van der Waals surface area contributed by atoms with Crippen molar-refractivity contribution in [3.05, 3.63) is 48.0 Å². The minimum atomic E-state index is -3.68. The lowest BCUT2D eigenvalue weighted by atomic mass is 10.2. The van der Waals surface area contributed by atoms with Crippen molar-refractivity contribution < 1.29 is 22.7 Å². The van der Waals surface area contributed by atoms with E-state index in [1.807, 2.05) is 45.9 Å². The van der Waals surface area contributed by atoms with Crippen molar-refractivity contribution in [1.29, 1.82) is 0 Å². The number of methoxy groups -OCH3 is 1. The fourth-order valence-electron chi connectivity index (χ4n) is 4.53. The van der Waals surface area contributed by atoms with E-state index in [4.69, 9.17) is 14.5 Å². The molecule has 4 rings (SSSR count). The number of carbonyl (C=O) groups excluding carboxylic acids is 1. The first-order valence-corrected chi connectivity index (χ1v) is 15.3. The van der Waals surface area contributed by atoms with Gasteiger partial charge in [0.1, 0.15) is 5.75 Å². The van der Waals surface area contributed by atoms with Gasteiger partial charge in [0.25, 0.3) is 5.91 Å². The van der Waals surface area contributed by atoms with Gasteiger partial charge in [0, 0.05) is 25.3 Å². The zero-order chi connectivity index (χ0) is 27.4. The summed E-state index contributed by atoms with van der Waals surface area (Å²) in [5.74, 6) is 0.885. The van der Waals surface area contributed by atoms with Gasteiger partial charge in [0.05, 0.1) is 34.9 Å². The molecule has 38 heavy (non-hydrogen) atoms. The van der Waals surface area contributed by atoms with Gasteiger partial charge in [-0.3, -0.25) is 9.69 Å². The van der Waals surface area contributed by atoms with E-state index in [0.717, 1.165) is 28.8 Å². The Labute approximate surface area is 229 Å². The maximum atomic E-state index is 13.8. The molecular formula is C28H37N3O5S2. The van der Waals surface area contributed by atoms with Gasteiger partial charge in [-0.2, -0.15) is 4.31 Å². The van der Waals surface area contributed by atoms with E-state index in [1.165, 1.54) is 27.8 Å². The van der Waals surface area contributed by atoms with Crippen molar-refractivity contribution >= 4 is 42.6 Å². The highest BCUT2D eigenvalue weighted by Gasteiger charge is 2.29. The summed E-state index contributed by atoms with van der Waals surface area (Å²) in [6.45, 7) is 9.97. The topological polar surface area (TPSA) is 89.0 Å². The average Bonchev–Trinajstić information content (AvgIpc) is 3.55. The number of anilines is 1. The molecule has 1 aliphatic rings. The lowest BCUT2D eigenvalue weighted by Crippen LogP contribution is -2.38. The van der Waals surface area contributed by atoms with Crippen LogP contribution in [0, 0.1) is 11.8 Å². The van der Waals surface area contributed by atoms with E-state index in [-0.39, 0.29) is 28.7 Å². The number of carbonyl (C=O) groups is 1. The number of aromatic nitrogens is 1. The molecule has 3 aromatic rings. The molecule has 0 aliphatic carbocycles. The Balaban J connectivity index is 1.63. The van der Waals surface area contributed by atoms with Crippen molar-refractivity contribution in [3.8, 4) is 5.75 Å². The van der Waals surface area contributed by atoms with Gasteiger partial charge in [-0.15, -0.1) is 0 Å².